The second-order valence-electron chi connectivity index (χ2n) is 7.31. The Morgan fingerprint density at radius 2 is 1.67 bits per heavy atom. The number of rotatable bonds is 4. The molecule has 0 aromatic heterocycles. The molecule has 0 heterocycles. The lowest BCUT2D eigenvalue weighted by Gasteiger charge is -2.50. The summed E-state index contributed by atoms with van der Waals surface area (Å²) in [5.41, 5.74) is 1.58. The molecule has 1 rings (SSSR count). The zero-order chi connectivity index (χ0) is 14.0. The van der Waals surface area contributed by atoms with Gasteiger partial charge < -0.3 is 10.1 Å². The number of hydrogen-bond acceptors (Lipinski definition) is 2. The predicted molar refractivity (Wildman–Crippen MR) is 78.2 cm³/mol. The lowest BCUT2D eigenvalue weighted by molar-refractivity contribution is -0.119. The molecule has 1 saturated carbocycles. The smallest absolute Gasteiger partial charge is 0.0681 e. The third-order valence-corrected chi connectivity index (χ3v) is 3.99. The van der Waals surface area contributed by atoms with Crippen molar-refractivity contribution in [1.82, 2.24) is 0 Å². The molecule has 1 aliphatic carbocycles. The van der Waals surface area contributed by atoms with E-state index in [0.717, 1.165) is 12.8 Å². The Bertz CT molecular complexity index is 306. The van der Waals surface area contributed by atoms with Crippen molar-refractivity contribution in [2.24, 2.45) is 16.7 Å². The zero-order valence-electron chi connectivity index (χ0n) is 12.8. The van der Waals surface area contributed by atoms with Gasteiger partial charge in [-0.1, -0.05) is 39.3 Å². The molecule has 0 atom stereocenters. The van der Waals surface area contributed by atoms with Gasteiger partial charge in [0, 0.05) is 0 Å². The Balaban J connectivity index is 2.80. The van der Waals surface area contributed by atoms with E-state index in [1.165, 1.54) is 5.57 Å². The van der Waals surface area contributed by atoms with Crippen LogP contribution in [-0.4, -0.2) is 18.9 Å². The first kappa shape index (κ1) is 15.4. The van der Waals surface area contributed by atoms with Gasteiger partial charge in [-0.15, -0.1) is 0 Å². The largest absolute Gasteiger partial charge is 0.373 e. The van der Waals surface area contributed by atoms with E-state index in [4.69, 9.17) is 10.1 Å². The van der Waals surface area contributed by atoms with E-state index in [0.29, 0.717) is 12.5 Å². The maximum Gasteiger partial charge on any atom is 0.0681 e. The molecule has 18 heavy (non-hydrogen) atoms. The van der Waals surface area contributed by atoms with Gasteiger partial charge in [-0.05, 0) is 49.7 Å². The van der Waals surface area contributed by atoms with Crippen LogP contribution in [0.2, 0.25) is 0 Å². The van der Waals surface area contributed by atoms with Crippen LogP contribution in [0.1, 0.15) is 54.4 Å². The van der Waals surface area contributed by atoms with Crippen LogP contribution in [0.3, 0.4) is 0 Å². The van der Waals surface area contributed by atoms with E-state index in [-0.39, 0.29) is 16.9 Å². The predicted octanol–water partition coefficient (Wildman–Crippen LogP) is 4.45. The average Bonchev–Trinajstić information content (AvgIpc) is 2.20. The molecule has 2 heteroatoms. The summed E-state index contributed by atoms with van der Waals surface area (Å²) in [6.07, 6.45) is 6.14. The van der Waals surface area contributed by atoms with Gasteiger partial charge in [0.25, 0.3) is 0 Å². The van der Waals surface area contributed by atoms with Gasteiger partial charge in [-0.25, -0.2) is 0 Å². The number of hydrogen-bond donors (Lipinski definition) is 1. The molecule has 0 spiro atoms. The third-order valence-electron chi connectivity index (χ3n) is 3.99. The van der Waals surface area contributed by atoms with Gasteiger partial charge in [0.05, 0.1) is 12.7 Å². The third kappa shape index (κ3) is 3.68. The molecule has 0 amide bonds. The summed E-state index contributed by atoms with van der Waals surface area (Å²) in [4.78, 5) is 0. The molecule has 1 fully saturated rings. The summed E-state index contributed by atoms with van der Waals surface area (Å²) < 4.78 is 6.17. The molecule has 0 aromatic carbocycles. The first-order chi connectivity index (χ1) is 8.19. The summed E-state index contributed by atoms with van der Waals surface area (Å²) in [5.74, 6) is 0.401. The van der Waals surface area contributed by atoms with Gasteiger partial charge in [0.15, 0.2) is 0 Å². The lowest BCUT2D eigenvalue weighted by Crippen LogP contribution is -2.50. The minimum Gasteiger partial charge on any atom is -0.373 e. The summed E-state index contributed by atoms with van der Waals surface area (Å²) in [6, 6.07) is 0. The van der Waals surface area contributed by atoms with Crippen molar-refractivity contribution in [3.8, 4) is 0 Å². The first-order valence-corrected chi connectivity index (χ1v) is 6.94. The van der Waals surface area contributed by atoms with E-state index in [2.05, 4.69) is 47.6 Å². The number of ether oxygens (including phenoxy) is 1. The summed E-state index contributed by atoms with van der Waals surface area (Å²) in [5, 5.41) is 7.54. The highest BCUT2D eigenvalue weighted by molar-refractivity contribution is 5.57. The molecule has 1 aliphatic rings. The second-order valence-corrected chi connectivity index (χ2v) is 7.31. The van der Waals surface area contributed by atoms with Crippen LogP contribution in [0.4, 0.5) is 0 Å². The van der Waals surface area contributed by atoms with Gasteiger partial charge >= 0.3 is 0 Å². The van der Waals surface area contributed by atoms with Crippen molar-refractivity contribution in [3.63, 3.8) is 0 Å². The lowest BCUT2D eigenvalue weighted by atomic mass is 9.59. The van der Waals surface area contributed by atoms with Gasteiger partial charge in [0.1, 0.15) is 0 Å². The van der Waals surface area contributed by atoms with E-state index in [9.17, 15) is 0 Å². The van der Waals surface area contributed by atoms with E-state index in [1.54, 1.807) is 6.21 Å². The standard InChI is InChI=1S/C16H29NO/c1-12(2)7-8-18-14-15(3,4)9-13(11-17)10-16(14,5)6/h7,11,13-14,17H,8-10H2,1-6H3. The molecule has 0 aromatic rings. The molecule has 1 N–H and O–H groups in total. The molecule has 0 radical (unpaired) electrons. The highest BCUT2D eigenvalue weighted by Crippen LogP contribution is 2.49. The number of nitrogens with one attached hydrogen (secondary N) is 1. The highest BCUT2D eigenvalue weighted by Gasteiger charge is 2.47. The minimum atomic E-state index is 0.138. The van der Waals surface area contributed by atoms with Crippen LogP contribution in [0.5, 0.6) is 0 Å². The Kier molecular flexibility index (Phi) is 4.77. The summed E-state index contributed by atoms with van der Waals surface area (Å²) in [7, 11) is 0. The van der Waals surface area contributed by atoms with Gasteiger partial charge in [-0.2, -0.15) is 0 Å². The Hall–Kier alpha value is -0.630. The van der Waals surface area contributed by atoms with Crippen molar-refractivity contribution in [1.29, 1.82) is 5.41 Å². The van der Waals surface area contributed by atoms with E-state index < -0.39 is 0 Å². The highest BCUT2D eigenvalue weighted by atomic mass is 16.5. The molecule has 0 bridgehead atoms. The molecular weight excluding hydrogens is 222 g/mol. The monoisotopic (exact) mass is 251 g/mol. The van der Waals surface area contributed by atoms with Gasteiger partial charge in [-0.3, -0.25) is 0 Å². The summed E-state index contributed by atoms with van der Waals surface area (Å²) in [6.45, 7) is 14.0. The van der Waals surface area contributed by atoms with Crippen LogP contribution in [0.15, 0.2) is 11.6 Å². The van der Waals surface area contributed by atoms with Crippen molar-refractivity contribution in [2.45, 2.75) is 60.5 Å². The Morgan fingerprint density at radius 3 is 2.06 bits per heavy atom. The maximum atomic E-state index is 7.54. The fourth-order valence-electron chi connectivity index (χ4n) is 3.58. The molecular formula is C16H29NO. The van der Waals surface area contributed by atoms with Crippen LogP contribution in [0.25, 0.3) is 0 Å². The van der Waals surface area contributed by atoms with Crippen molar-refractivity contribution in [2.75, 3.05) is 6.61 Å². The zero-order valence-corrected chi connectivity index (χ0v) is 12.8. The molecule has 0 unspecified atom stereocenters. The SMILES string of the molecule is CC(C)=CCOC1C(C)(C)CC(C=N)CC1(C)C. The molecule has 0 aliphatic heterocycles. The van der Waals surface area contributed by atoms with Crippen molar-refractivity contribution >= 4 is 6.21 Å². The van der Waals surface area contributed by atoms with Gasteiger partial charge in [0.2, 0.25) is 0 Å². The average molecular weight is 251 g/mol. The second kappa shape index (κ2) is 5.56. The first-order valence-electron chi connectivity index (χ1n) is 6.94. The Morgan fingerprint density at radius 1 is 1.17 bits per heavy atom. The molecule has 104 valence electrons. The quantitative estimate of drug-likeness (QED) is 0.581. The summed E-state index contributed by atoms with van der Waals surface area (Å²) >= 11 is 0. The van der Waals surface area contributed by atoms with Crippen molar-refractivity contribution < 1.29 is 4.74 Å². The Labute approximate surface area is 112 Å². The fourth-order valence-corrected chi connectivity index (χ4v) is 3.58. The van der Waals surface area contributed by atoms with Crippen LogP contribution in [0, 0.1) is 22.2 Å². The van der Waals surface area contributed by atoms with Crippen molar-refractivity contribution in [3.05, 3.63) is 11.6 Å². The number of allylic oxidation sites excluding steroid dienone is 1. The van der Waals surface area contributed by atoms with Crippen LogP contribution in [-0.2, 0) is 4.74 Å². The van der Waals surface area contributed by atoms with E-state index in [1.807, 2.05) is 0 Å². The molecule has 2 nitrogen and oxygen atoms in total. The minimum absolute atomic E-state index is 0.138. The maximum absolute atomic E-state index is 7.54. The van der Waals surface area contributed by atoms with Crippen LogP contribution >= 0.6 is 0 Å². The molecule has 0 saturated heterocycles. The topological polar surface area (TPSA) is 33.1 Å². The van der Waals surface area contributed by atoms with E-state index >= 15 is 0 Å². The van der Waals surface area contributed by atoms with Crippen LogP contribution < -0.4 is 0 Å². The fraction of sp³-hybridized carbons (Fsp3) is 0.812. The normalized spacial score (nSPS) is 29.7.